The molecular weight excluding hydrogens is 270 g/mol. The van der Waals surface area contributed by atoms with Crippen LogP contribution in [-0.4, -0.2) is 42.3 Å². The van der Waals surface area contributed by atoms with E-state index in [1.165, 1.54) is 0 Å². The van der Waals surface area contributed by atoms with E-state index in [4.69, 9.17) is 9.47 Å². The van der Waals surface area contributed by atoms with E-state index in [1.807, 2.05) is 27.7 Å². The molecule has 1 atom stereocenters. The second-order valence-corrected chi connectivity index (χ2v) is 6.79. The summed E-state index contributed by atoms with van der Waals surface area (Å²) in [5, 5.41) is 0. The van der Waals surface area contributed by atoms with Gasteiger partial charge in [0.1, 0.15) is 5.60 Å². The van der Waals surface area contributed by atoms with E-state index in [1.54, 1.807) is 4.90 Å². The smallest absolute Gasteiger partial charge is 0.410 e. The molecular formula is C16H29NO4. The van der Waals surface area contributed by atoms with Crippen molar-refractivity contribution in [2.24, 2.45) is 11.8 Å². The molecule has 21 heavy (non-hydrogen) atoms. The Morgan fingerprint density at radius 1 is 1.24 bits per heavy atom. The van der Waals surface area contributed by atoms with Crippen molar-refractivity contribution in [3.8, 4) is 0 Å². The first-order valence-electron chi connectivity index (χ1n) is 7.86. The minimum Gasteiger partial charge on any atom is -0.466 e. The van der Waals surface area contributed by atoms with E-state index >= 15 is 0 Å². The van der Waals surface area contributed by atoms with Gasteiger partial charge < -0.3 is 14.4 Å². The highest BCUT2D eigenvalue weighted by atomic mass is 16.6. The van der Waals surface area contributed by atoms with E-state index in [0.29, 0.717) is 38.0 Å². The second-order valence-electron chi connectivity index (χ2n) is 6.79. The van der Waals surface area contributed by atoms with Gasteiger partial charge in [0.25, 0.3) is 0 Å². The van der Waals surface area contributed by atoms with Gasteiger partial charge in [0.15, 0.2) is 0 Å². The second kappa shape index (κ2) is 7.66. The first-order valence-corrected chi connectivity index (χ1v) is 7.86. The maximum absolute atomic E-state index is 12.0. The van der Waals surface area contributed by atoms with Crippen molar-refractivity contribution in [2.45, 2.75) is 59.5 Å². The van der Waals surface area contributed by atoms with Gasteiger partial charge >= 0.3 is 12.1 Å². The van der Waals surface area contributed by atoms with Gasteiger partial charge in [-0.05, 0) is 52.4 Å². The molecule has 0 aromatic heterocycles. The maximum atomic E-state index is 12.0. The van der Waals surface area contributed by atoms with Gasteiger partial charge in [0, 0.05) is 19.5 Å². The molecule has 0 N–H and O–H groups in total. The highest BCUT2D eigenvalue weighted by Crippen LogP contribution is 2.28. The lowest BCUT2D eigenvalue weighted by atomic mass is 9.84. The lowest BCUT2D eigenvalue weighted by Gasteiger charge is -2.35. The number of rotatable bonds is 4. The number of hydrogen-bond donors (Lipinski definition) is 0. The third-order valence-corrected chi connectivity index (χ3v) is 3.79. The van der Waals surface area contributed by atoms with E-state index < -0.39 is 5.60 Å². The molecule has 0 unspecified atom stereocenters. The van der Waals surface area contributed by atoms with Crippen molar-refractivity contribution >= 4 is 12.1 Å². The third kappa shape index (κ3) is 6.36. The van der Waals surface area contributed by atoms with Crippen molar-refractivity contribution in [1.29, 1.82) is 0 Å². The molecule has 0 aromatic rings. The normalized spacial score (nSPS) is 18.2. The summed E-state index contributed by atoms with van der Waals surface area (Å²) < 4.78 is 10.4. The topological polar surface area (TPSA) is 55.8 Å². The average Bonchev–Trinajstić information content (AvgIpc) is 2.37. The summed E-state index contributed by atoms with van der Waals surface area (Å²) in [4.78, 5) is 25.3. The Bertz CT molecular complexity index is 354. The first kappa shape index (κ1) is 17.8. The molecule has 0 spiro atoms. The first-order chi connectivity index (χ1) is 9.73. The molecule has 5 heteroatoms. The largest absolute Gasteiger partial charge is 0.466 e. The molecule has 122 valence electrons. The molecule has 1 aliphatic heterocycles. The van der Waals surface area contributed by atoms with Crippen LogP contribution in [0.25, 0.3) is 0 Å². The Hall–Kier alpha value is -1.26. The van der Waals surface area contributed by atoms with Gasteiger partial charge in [0.2, 0.25) is 0 Å². The van der Waals surface area contributed by atoms with Crippen LogP contribution in [0.4, 0.5) is 4.79 Å². The quantitative estimate of drug-likeness (QED) is 0.748. The number of amides is 1. The zero-order valence-electron chi connectivity index (χ0n) is 14.0. The molecule has 1 aliphatic rings. The molecule has 1 saturated heterocycles. The fraction of sp³-hybridized carbons (Fsp3) is 0.875. The highest BCUT2D eigenvalue weighted by molar-refractivity contribution is 5.69. The van der Waals surface area contributed by atoms with Crippen LogP contribution < -0.4 is 0 Å². The van der Waals surface area contributed by atoms with Crippen LogP contribution in [0, 0.1) is 11.8 Å². The number of carbonyl (C=O) groups is 2. The van der Waals surface area contributed by atoms with Crippen molar-refractivity contribution in [3.05, 3.63) is 0 Å². The summed E-state index contributed by atoms with van der Waals surface area (Å²) in [6.07, 6.45) is 2.06. The van der Waals surface area contributed by atoms with Crippen LogP contribution >= 0.6 is 0 Å². The molecule has 0 radical (unpaired) electrons. The Morgan fingerprint density at radius 2 is 1.81 bits per heavy atom. The number of piperidine rings is 1. The maximum Gasteiger partial charge on any atom is 0.410 e. The van der Waals surface area contributed by atoms with Crippen LogP contribution in [-0.2, 0) is 14.3 Å². The number of nitrogens with zero attached hydrogens (tertiary/aromatic N) is 1. The fourth-order valence-electron chi connectivity index (χ4n) is 2.63. The van der Waals surface area contributed by atoms with Crippen molar-refractivity contribution < 1.29 is 19.1 Å². The Morgan fingerprint density at radius 3 is 2.29 bits per heavy atom. The number of hydrogen-bond acceptors (Lipinski definition) is 4. The lowest BCUT2D eigenvalue weighted by Crippen LogP contribution is -2.42. The number of carbonyl (C=O) groups excluding carboxylic acids is 2. The monoisotopic (exact) mass is 299 g/mol. The minimum absolute atomic E-state index is 0.125. The van der Waals surface area contributed by atoms with Gasteiger partial charge in [-0.15, -0.1) is 0 Å². The average molecular weight is 299 g/mol. The Kier molecular flexibility index (Phi) is 6.49. The predicted octanol–water partition coefficient (Wildman–Crippen LogP) is 3.22. The Labute approximate surface area is 128 Å². The molecule has 0 aliphatic carbocycles. The summed E-state index contributed by atoms with van der Waals surface area (Å²) in [7, 11) is 0. The fourth-order valence-corrected chi connectivity index (χ4v) is 2.63. The van der Waals surface area contributed by atoms with Crippen LogP contribution in [0.1, 0.15) is 53.9 Å². The summed E-state index contributed by atoms with van der Waals surface area (Å²) in [6, 6.07) is 0. The molecule has 1 amide bonds. The van der Waals surface area contributed by atoms with E-state index in [-0.39, 0.29) is 12.1 Å². The summed E-state index contributed by atoms with van der Waals surface area (Å²) in [6.45, 7) is 11.4. The highest BCUT2D eigenvalue weighted by Gasteiger charge is 2.29. The molecule has 1 fully saturated rings. The number of likely N-dealkylation sites (tertiary alicyclic amines) is 1. The summed E-state index contributed by atoms with van der Waals surface area (Å²) >= 11 is 0. The summed E-state index contributed by atoms with van der Waals surface area (Å²) in [5.41, 5.74) is -0.453. The van der Waals surface area contributed by atoms with Crippen molar-refractivity contribution in [2.75, 3.05) is 19.7 Å². The van der Waals surface area contributed by atoms with Crippen molar-refractivity contribution in [3.63, 3.8) is 0 Å². The van der Waals surface area contributed by atoms with Crippen LogP contribution in [0.5, 0.6) is 0 Å². The molecule has 5 nitrogen and oxygen atoms in total. The molecule has 1 rings (SSSR count). The van der Waals surface area contributed by atoms with Gasteiger partial charge in [-0.3, -0.25) is 4.79 Å². The van der Waals surface area contributed by atoms with Crippen LogP contribution in [0.3, 0.4) is 0 Å². The van der Waals surface area contributed by atoms with E-state index in [2.05, 4.69) is 6.92 Å². The predicted molar refractivity (Wildman–Crippen MR) is 80.9 cm³/mol. The van der Waals surface area contributed by atoms with E-state index in [9.17, 15) is 9.59 Å². The van der Waals surface area contributed by atoms with Gasteiger partial charge in [-0.25, -0.2) is 4.79 Å². The van der Waals surface area contributed by atoms with Gasteiger partial charge in [-0.1, -0.05) is 6.92 Å². The van der Waals surface area contributed by atoms with E-state index in [0.717, 1.165) is 12.8 Å². The molecule has 0 bridgehead atoms. The standard InChI is InChI=1S/C16H29NO4/c1-6-20-14(18)11-12(2)13-7-9-17(10-8-13)15(19)21-16(3,4)5/h12-13H,6-11H2,1-5H3/t12-/m1/s1. The minimum atomic E-state index is -0.453. The lowest BCUT2D eigenvalue weighted by molar-refractivity contribution is -0.144. The molecule has 0 saturated carbocycles. The zero-order valence-corrected chi connectivity index (χ0v) is 14.0. The SMILES string of the molecule is CCOC(=O)C[C@@H](C)C1CCN(C(=O)OC(C)(C)C)CC1. The Balaban J connectivity index is 2.38. The summed E-state index contributed by atoms with van der Waals surface area (Å²) in [5.74, 6) is 0.637. The van der Waals surface area contributed by atoms with Crippen molar-refractivity contribution in [1.82, 2.24) is 4.90 Å². The molecule has 1 heterocycles. The van der Waals surface area contributed by atoms with Gasteiger partial charge in [0.05, 0.1) is 6.61 Å². The molecule has 0 aromatic carbocycles. The third-order valence-electron chi connectivity index (χ3n) is 3.79. The van der Waals surface area contributed by atoms with Crippen LogP contribution in [0.2, 0.25) is 0 Å². The number of ether oxygens (including phenoxy) is 2. The van der Waals surface area contributed by atoms with Crippen LogP contribution in [0.15, 0.2) is 0 Å². The van der Waals surface area contributed by atoms with Gasteiger partial charge in [-0.2, -0.15) is 0 Å². The number of esters is 1. The zero-order chi connectivity index (χ0) is 16.0.